The second-order valence-corrected chi connectivity index (χ2v) is 5.24. The maximum Gasteiger partial charge on any atom is 0.250 e. The molecule has 2 aliphatic rings. The van der Waals surface area contributed by atoms with Gasteiger partial charge in [-0.1, -0.05) is 6.07 Å². The highest BCUT2D eigenvalue weighted by molar-refractivity contribution is 5.83. The summed E-state index contributed by atoms with van der Waals surface area (Å²) in [6, 6.07) is 5.39. The van der Waals surface area contributed by atoms with E-state index in [1.165, 1.54) is 0 Å². The fourth-order valence-corrected chi connectivity index (χ4v) is 3.18. The zero-order chi connectivity index (χ0) is 12.0. The van der Waals surface area contributed by atoms with E-state index >= 15 is 0 Å². The van der Waals surface area contributed by atoms with Gasteiger partial charge in [0.1, 0.15) is 5.78 Å². The van der Waals surface area contributed by atoms with E-state index in [0.29, 0.717) is 13.1 Å². The lowest BCUT2D eigenvalue weighted by molar-refractivity contribution is -0.129. The molecule has 4 nitrogen and oxygen atoms in total. The molecule has 1 saturated heterocycles. The quantitative estimate of drug-likeness (QED) is 0.767. The smallest absolute Gasteiger partial charge is 0.250 e. The number of carbonyl (C=O) groups is 1. The molecule has 4 heteroatoms. The van der Waals surface area contributed by atoms with E-state index in [0.717, 1.165) is 18.7 Å². The monoisotopic (exact) mass is 232 g/mol. The van der Waals surface area contributed by atoms with Crippen LogP contribution in [0.3, 0.4) is 0 Å². The summed E-state index contributed by atoms with van der Waals surface area (Å²) in [5.41, 5.74) is 0.711. The van der Waals surface area contributed by atoms with Crippen LogP contribution in [0.5, 0.6) is 0 Å². The van der Waals surface area contributed by atoms with Crippen LogP contribution in [0.2, 0.25) is 0 Å². The standard InChI is InChI=1S/C13H16N2O2/c1-9(16)13-5-10(6-14-7-13)11-3-2-4-12(17)15(11)8-13/h2-4,10,14H,5-8H2,1H3/t10-,13-/m1/s1. The minimum atomic E-state index is -0.374. The second kappa shape index (κ2) is 3.53. The molecule has 2 atom stereocenters. The molecule has 1 N–H and O–H groups in total. The fourth-order valence-electron chi connectivity index (χ4n) is 3.18. The van der Waals surface area contributed by atoms with Gasteiger partial charge in [-0.05, 0) is 19.4 Å². The Morgan fingerprint density at radius 2 is 2.35 bits per heavy atom. The van der Waals surface area contributed by atoms with Crippen molar-refractivity contribution in [1.82, 2.24) is 9.88 Å². The predicted octanol–water partition coefficient (Wildman–Crippen LogP) is 0.514. The molecule has 1 aromatic heterocycles. The van der Waals surface area contributed by atoms with Crippen LogP contribution in [0.4, 0.5) is 0 Å². The summed E-state index contributed by atoms with van der Waals surface area (Å²) in [5.74, 6) is 0.478. The topological polar surface area (TPSA) is 51.1 Å². The number of rotatable bonds is 1. The number of hydrogen-bond donors (Lipinski definition) is 1. The molecule has 90 valence electrons. The van der Waals surface area contributed by atoms with Crippen molar-refractivity contribution >= 4 is 5.78 Å². The molecule has 3 heterocycles. The number of hydrogen-bond acceptors (Lipinski definition) is 3. The van der Waals surface area contributed by atoms with Gasteiger partial charge < -0.3 is 9.88 Å². The molecule has 1 aromatic rings. The van der Waals surface area contributed by atoms with Crippen molar-refractivity contribution in [2.45, 2.75) is 25.8 Å². The van der Waals surface area contributed by atoms with Gasteiger partial charge in [-0.15, -0.1) is 0 Å². The predicted molar refractivity (Wildman–Crippen MR) is 64.0 cm³/mol. The molecular formula is C13H16N2O2. The van der Waals surface area contributed by atoms with E-state index in [1.54, 1.807) is 17.6 Å². The van der Waals surface area contributed by atoms with Crippen molar-refractivity contribution in [2.75, 3.05) is 13.1 Å². The Bertz CT molecular complexity index is 534. The summed E-state index contributed by atoms with van der Waals surface area (Å²) in [6.07, 6.45) is 0.874. The van der Waals surface area contributed by atoms with E-state index in [9.17, 15) is 9.59 Å². The number of ketones is 1. The van der Waals surface area contributed by atoms with Crippen molar-refractivity contribution in [3.05, 3.63) is 34.2 Å². The lowest BCUT2D eigenvalue weighted by Gasteiger charge is -2.45. The highest BCUT2D eigenvalue weighted by atomic mass is 16.1. The molecule has 0 radical (unpaired) electrons. The van der Waals surface area contributed by atoms with Gasteiger partial charge in [-0.2, -0.15) is 0 Å². The SMILES string of the molecule is CC(=O)[C@@]12CNC[C@@H](C1)c1cccc(=O)n1C2. The second-order valence-electron chi connectivity index (χ2n) is 5.24. The number of pyridine rings is 1. The van der Waals surface area contributed by atoms with Gasteiger partial charge in [0.05, 0.1) is 5.41 Å². The minimum absolute atomic E-state index is 0.0136. The average molecular weight is 232 g/mol. The fraction of sp³-hybridized carbons (Fsp3) is 0.538. The number of aromatic nitrogens is 1. The Hall–Kier alpha value is -1.42. The van der Waals surface area contributed by atoms with Gasteiger partial charge in [-0.25, -0.2) is 0 Å². The van der Waals surface area contributed by atoms with E-state index in [4.69, 9.17) is 0 Å². The normalized spacial score (nSPS) is 30.8. The Morgan fingerprint density at radius 1 is 1.53 bits per heavy atom. The summed E-state index contributed by atoms with van der Waals surface area (Å²) >= 11 is 0. The van der Waals surface area contributed by atoms with Crippen LogP contribution in [-0.2, 0) is 11.3 Å². The first-order valence-corrected chi connectivity index (χ1v) is 6.04. The zero-order valence-corrected chi connectivity index (χ0v) is 9.90. The van der Waals surface area contributed by atoms with Crippen molar-refractivity contribution < 1.29 is 4.79 Å². The van der Waals surface area contributed by atoms with E-state index in [-0.39, 0.29) is 22.7 Å². The number of carbonyl (C=O) groups excluding carboxylic acids is 1. The molecule has 2 aliphatic heterocycles. The van der Waals surface area contributed by atoms with Crippen molar-refractivity contribution in [2.24, 2.45) is 5.41 Å². The lowest BCUT2D eigenvalue weighted by atomic mass is 9.70. The Morgan fingerprint density at radius 3 is 3.12 bits per heavy atom. The van der Waals surface area contributed by atoms with Crippen LogP contribution in [0, 0.1) is 5.41 Å². The molecule has 17 heavy (non-hydrogen) atoms. The Kier molecular flexibility index (Phi) is 2.23. The van der Waals surface area contributed by atoms with Crippen molar-refractivity contribution in [3.8, 4) is 0 Å². The molecule has 3 rings (SSSR count). The van der Waals surface area contributed by atoms with Crippen molar-refractivity contribution in [1.29, 1.82) is 0 Å². The summed E-state index contributed by atoms with van der Waals surface area (Å²) < 4.78 is 1.79. The first-order chi connectivity index (χ1) is 8.12. The minimum Gasteiger partial charge on any atom is -0.315 e. The van der Waals surface area contributed by atoms with Gasteiger partial charge in [-0.3, -0.25) is 9.59 Å². The molecule has 2 bridgehead atoms. The number of fused-ring (bicyclic) bond motifs is 4. The van der Waals surface area contributed by atoms with Gasteiger partial charge in [0.2, 0.25) is 0 Å². The third-order valence-electron chi connectivity index (χ3n) is 4.20. The number of nitrogens with zero attached hydrogens (tertiary/aromatic N) is 1. The summed E-state index contributed by atoms with van der Waals surface area (Å²) in [6.45, 7) is 3.72. The van der Waals surface area contributed by atoms with Crippen molar-refractivity contribution in [3.63, 3.8) is 0 Å². The number of nitrogens with one attached hydrogen (secondary N) is 1. The molecule has 0 aliphatic carbocycles. The molecule has 1 fully saturated rings. The molecule has 0 unspecified atom stereocenters. The van der Waals surface area contributed by atoms with Crippen LogP contribution in [0.15, 0.2) is 23.0 Å². The zero-order valence-electron chi connectivity index (χ0n) is 9.90. The molecule has 0 saturated carbocycles. The Balaban J connectivity index is 2.16. The molecule has 0 spiro atoms. The van der Waals surface area contributed by atoms with Crippen LogP contribution in [0.1, 0.15) is 25.0 Å². The number of Topliss-reactive ketones (excluding diaryl/α,β-unsaturated/α-hetero) is 1. The average Bonchev–Trinajstić information content (AvgIpc) is 2.31. The molecule has 0 amide bonds. The lowest BCUT2D eigenvalue weighted by Crippen LogP contribution is -2.55. The number of piperidine rings is 1. The third kappa shape index (κ3) is 1.47. The van der Waals surface area contributed by atoms with Gasteiger partial charge in [0.15, 0.2) is 0 Å². The Labute approximate surface area is 99.6 Å². The largest absolute Gasteiger partial charge is 0.315 e. The molecular weight excluding hydrogens is 216 g/mol. The van der Waals surface area contributed by atoms with Crippen LogP contribution < -0.4 is 10.9 Å². The maximum absolute atomic E-state index is 11.9. The van der Waals surface area contributed by atoms with Gasteiger partial charge >= 0.3 is 0 Å². The first kappa shape index (κ1) is 10.7. The highest BCUT2D eigenvalue weighted by Gasteiger charge is 2.45. The van der Waals surface area contributed by atoms with Gasteiger partial charge in [0.25, 0.3) is 5.56 Å². The maximum atomic E-state index is 11.9. The third-order valence-corrected chi connectivity index (χ3v) is 4.20. The summed E-state index contributed by atoms with van der Waals surface area (Å²) in [5, 5.41) is 3.33. The van der Waals surface area contributed by atoms with Crippen LogP contribution in [0.25, 0.3) is 0 Å². The molecule has 0 aromatic carbocycles. The van der Waals surface area contributed by atoms with E-state index in [1.807, 2.05) is 12.1 Å². The van der Waals surface area contributed by atoms with Crippen LogP contribution in [-0.4, -0.2) is 23.4 Å². The summed E-state index contributed by atoms with van der Waals surface area (Å²) in [7, 11) is 0. The van der Waals surface area contributed by atoms with Gasteiger partial charge in [0, 0.05) is 37.3 Å². The van der Waals surface area contributed by atoms with E-state index < -0.39 is 0 Å². The van der Waals surface area contributed by atoms with E-state index in [2.05, 4.69) is 5.32 Å². The summed E-state index contributed by atoms with van der Waals surface area (Å²) in [4.78, 5) is 23.8. The van der Waals surface area contributed by atoms with Crippen LogP contribution >= 0.6 is 0 Å². The first-order valence-electron chi connectivity index (χ1n) is 6.04. The highest BCUT2D eigenvalue weighted by Crippen LogP contribution is 2.40.